The molecule has 7 heteroatoms. The van der Waals surface area contributed by atoms with E-state index < -0.39 is 0 Å². The average molecular weight is 475 g/mol. The molecule has 6 nitrogen and oxygen atoms in total. The molecule has 1 amide bonds. The van der Waals surface area contributed by atoms with Crippen molar-refractivity contribution in [3.63, 3.8) is 0 Å². The number of anilines is 1. The van der Waals surface area contributed by atoms with Gasteiger partial charge in [0.15, 0.2) is 5.58 Å². The molecule has 0 spiro atoms. The van der Waals surface area contributed by atoms with Crippen molar-refractivity contribution >= 4 is 34.6 Å². The van der Waals surface area contributed by atoms with Crippen molar-refractivity contribution in [2.75, 3.05) is 11.9 Å². The number of nitrogens with one attached hydrogen (secondary N) is 1. The minimum absolute atomic E-state index is 0.0427. The van der Waals surface area contributed by atoms with Crippen molar-refractivity contribution in [2.45, 2.75) is 44.7 Å². The highest BCUT2D eigenvalue weighted by molar-refractivity contribution is 6.30. The smallest absolute Gasteiger partial charge is 0.295 e. The van der Waals surface area contributed by atoms with Crippen molar-refractivity contribution in [2.24, 2.45) is 0 Å². The summed E-state index contributed by atoms with van der Waals surface area (Å²) in [6.07, 6.45) is 6.99. The molecule has 1 fully saturated rings. The lowest BCUT2D eigenvalue weighted by Crippen LogP contribution is -2.40. The van der Waals surface area contributed by atoms with Crippen LogP contribution in [0, 0.1) is 0 Å². The number of hydrogen-bond donors (Lipinski definition) is 1. The van der Waals surface area contributed by atoms with Crippen molar-refractivity contribution in [1.82, 2.24) is 14.9 Å². The Morgan fingerprint density at radius 1 is 1.09 bits per heavy atom. The minimum Gasteiger partial charge on any atom is -0.424 e. The summed E-state index contributed by atoms with van der Waals surface area (Å²) >= 11 is 6.06. The predicted octanol–water partition coefficient (Wildman–Crippen LogP) is 6.12. The lowest BCUT2D eigenvalue weighted by molar-refractivity contribution is 0.0683. The van der Waals surface area contributed by atoms with Gasteiger partial charge in [0.1, 0.15) is 5.52 Å². The van der Waals surface area contributed by atoms with Gasteiger partial charge < -0.3 is 14.6 Å². The standard InChI is InChI=1S/C27H27ClN4O2/c28-21-7-5-6-19(16-21)18-30-27-31-24-17-20(11-12-25(24)34-27)26(33)32(23-9-1-2-10-23)15-13-22-8-3-4-14-29-22/h3-8,11-12,14,16-17,23H,1-2,9-10,13,15,18H2,(H,30,31). The molecule has 174 valence electrons. The molecule has 0 saturated heterocycles. The summed E-state index contributed by atoms with van der Waals surface area (Å²) in [5.41, 5.74) is 3.98. The monoisotopic (exact) mass is 474 g/mol. The van der Waals surface area contributed by atoms with Crippen LogP contribution in [0.2, 0.25) is 5.02 Å². The van der Waals surface area contributed by atoms with Gasteiger partial charge >= 0.3 is 0 Å². The van der Waals surface area contributed by atoms with Crippen molar-refractivity contribution in [3.05, 3.63) is 88.7 Å². The largest absolute Gasteiger partial charge is 0.424 e. The fraction of sp³-hybridized carbons (Fsp3) is 0.296. The molecule has 5 rings (SSSR count). The van der Waals surface area contributed by atoms with Crippen molar-refractivity contribution < 1.29 is 9.21 Å². The highest BCUT2D eigenvalue weighted by atomic mass is 35.5. The Balaban J connectivity index is 1.32. The van der Waals surface area contributed by atoms with Crippen LogP contribution < -0.4 is 5.32 Å². The fourth-order valence-electron chi connectivity index (χ4n) is 4.57. The van der Waals surface area contributed by atoms with Crippen LogP contribution in [-0.4, -0.2) is 33.4 Å². The molecular weight excluding hydrogens is 448 g/mol. The second kappa shape index (κ2) is 10.3. The number of carbonyl (C=O) groups is 1. The molecule has 1 aliphatic carbocycles. The van der Waals surface area contributed by atoms with Crippen LogP contribution in [0.1, 0.15) is 47.3 Å². The number of halogens is 1. The normalized spacial score (nSPS) is 13.9. The van der Waals surface area contributed by atoms with E-state index in [0.29, 0.717) is 40.8 Å². The van der Waals surface area contributed by atoms with Gasteiger partial charge in [-0.3, -0.25) is 9.78 Å². The Morgan fingerprint density at radius 3 is 2.76 bits per heavy atom. The van der Waals surface area contributed by atoms with Crippen LogP contribution in [0.15, 0.2) is 71.3 Å². The number of carbonyl (C=O) groups excluding carboxylic acids is 1. The highest BCUT2D eigenvalue weighted by Gasteiger charge is 2.27. The molecule has 0 radical (unpaired) electrons. The van der Waals surface area contributed by atoms with E-state index in [9.17, 15) is 4.79 Å². The van der Waals surface area contributed by atoms with E-state index in [1.807, 2.05) is 65.6 Å². The maximum Gasteiger partial charge on any atom is 0.295 e. The number of pyridine rings is 1. The number of amides is 1. The van der Waals surface area contributed by atoms with Gasteiger partial charge in [0, 0.05) is 48.0 Å². The molecular formula is C27H27ClN4O2. The Hall–Kier alpha value is -3.38. The summed E-state index contributed by atoms with van der Waals surface area (Å²) in [4.78, 5) is 24.6. The second-order valence-electron chi connectivity index (χ2n) is 8.69. The molecule has 0 unspecified atom stereocenters. The summed E-state index contributed by atoms with van der Waals surface area (Å²) in [6.45, 7) is 1.20. The Kier molecular flexibility index (Phi) is 6.77. The van der Waals surface area contributed by atoms with Gasteiger partial charge in [0.05, 0.1) is 0 Å². The first-order valence-corrected chi connectivity index (χ1v) is 12.1. The number of oxazole rings is 1. The quantitative estimate of drug-likeness (QED) is 0.333. The van der Waals surface area contributed by atoms with Gasteiger partial charge in [-0.15, -0.1) is 0 Å². The fourth-order valence-corrected chi connectivity index (χ4v) is 4.79. The van der Waals surface area contributed by atoms with Gasteiger partial charge in [-0.1, -0.05) is 42.6 Å². The number of rotatable bonds is 8. The maximum absolute atomic E-state index is 13.6. The van der Waals surface area contributed by atoms with Crippen LogP contribution in [0.5, 0.6) is 0 Å². The third-order valence-electron chi connectivity index (χ3n) is 6.33. The lowest BCUT2D eigenvalue weighted by atomic mass is 10.1. The van der Waals surface area contributed by atoms with Gasteiger partial charge in [-0.2, -0.15) is 4.98 Å². The Labute approximate surface area is 204 Å². The predicted molar refractivity (Wildman–Crippen MR) is 134 cm³/mol. The third kappa shape index (κ3) is 5.23. The molecule has 0 aliphatic heterocycles. The van der Waals surface area contributed by atoms with Crippen LogP contribution in [0.3, 0.4) is 0 Å². The molecule has 4 aromatic rings. The summed E-state index contributed by atoms with van der Waals surface area (Å²) in [7, 11) is 0. The van der Waals surface area contributed by atoms with Gasteiger partial charge in [-0.25, -0.2) is 0 Å². The first kappa shape index (κ1) is 22.4. The first-order chi connectivity index (χ1) is 16.7. The number of aromatic nitrogens is 2. The molecule has 1 N–H and O–H groups in total. The third-order valence-corrected chi connectivity index (χ3v) is 6.56. The summed E-state index contributed by atoms with van der Waals surface area (Å²) < 4.78 is 5.83. The zero-order valence-electron chi connectivity index (χ0n) is 18.9. The minimum atomic E-state index is 0.0427. The molecule has 2 heterocycles. The molecule has 1 saturated carbocycles. The molecule has 1 aliphatic rings. The van der Waals surface area contributed by atoms with Gasteiger partial charge in [0.25, 0.3) is 11.9 Å². The van der Waals surface area contributed by atoms with E-state index in [0.717, 1.165) is 30.5 Å². The van der Waals surface area contributed by atoms with Crippen LogP contribution >= 0.6 is 11.6 Å². The van der Waals surface area contributed by atoms with Crippen LogP contribution in [-0.2, 0) is 13.0 Å². The summed E-state index contributed by atoms with van der Waals surface area (Å²) in [5.74, 6) is 0.0427. The number of nitrogens with zero attached hydrogens (tertiary/aromatic N) is 3. The second-order valence-corrected chi connectivity index (χ2v) is 9.13. The van der Waals surface area contributed by atoms with E-state index in [2.05, 4.69) is 15.3 Å². The maximum atomic E-state index is 13.6. The highest BCUT2D eigenvalue weighted by Crippen LogP contribution is 2.27. The molecule has 0 bridgehead atoms. The summed E-state index contributed by atoms with van der Waals surface area (Å²) in [5, 5.41) is 3.88. The average Bonchev–Trinajstić information content (AvgIpc) is 3.53. The lowest BCUT2D eigenvalue weighted by Gasteiger charge is -2.29. The number of hydrogen-bond acceptors (Lipinski definition) is 5. The van der Waals surface area contributed by atoms with Crippen LogP contribution in [0.4, 0.5) is 6.01 Å². The van der Waals surface area contributed by atoms with E-state index >= 15 is 0 Å². The molecule has 34 heavy (non-hydrogen) atoms. The zero-order valence-corrected chi connectivity index (χ0v) is 19.7. The van der Waals surface area contributed by atoms with E-state index in [1.54, 1.807) is 6.20 Å². The Morgan fingerprint density at radius 2 is 1.97 bits per heavy atom. The first-order valence-electron chi connectivity index (χ1n) is 11.8. The van der Waals surface area contributed by atoms with Gasteiger partial charge in [0.2, 0.25) is 0 Å². The van der Waals surface area contributed by atoms with Crippen molar-refractivity contribution in [3.8, 4) is 0 Å². The van der Waals surface area contributed by atoms with E-state index in [4.69, 9.17) is 16.0 Å². The number of benzene rings is 2. The topological polar surface area (TPSA) is 71.3 Å². The van der Waals surface area contributed by atoms with E-state index in [1.165, 1.54) is 12.8 Å². The zero-order chi connectivity index (χ0) is 23.3. The Bertz CT molecular complexity index is 1270. The molecule has 2 aromatic carbocycles. The van der Waals surface area contributed by atoms with E-state index in [-0.39, 0.29) is 11.9 Å². The van der Waals surface area contributed by atoms with Crippen molar-refractivity contribution in [1.29, 1.82) is 0 Å². The van der Waals surface area contributed by atoms with Gasteiger partial charge in [-0.05, 0) is 60.9 Å². The molecule has 0 atom stereocenters. The van der Waals surface area contributed by atoms with Crippen LogP contribution in [0.25, 0.3) is 11.1 Å². The number of fused-ring (bicyclic) bond motifs is 1. The SMILES string of the molecule is O=C(c1ccc2oc(NCc3cccc(Cl)c3)nc2c1)N(CCc1ccccn1)C1CCCC1. The molecule has 2 aromatic heterocycles. The summed E-state index contributed by atoms with van der Waals surface area (Å²) in [6, 6.07) is 19.7.